The van der Waals surface area contributed by atoms with Crippen LogP contribution >= 0.6 is 0 Å². The number of aromatic nitrogens is 3. The van der Waals surface area contributed by atoms with E-state index in [4.69, 9.17) is 14.8 Å². The van der Waals surface area contributed by atoms with Gasteiger partial charge in [-0.1, -0.05) is 0 Å². The van der Waals surface area contributed by atoms with Crippen LogP contribution in [0.1, 0.15) is 75.1 Å². The van der Waals surface area contributed by atoms with Crippen LogP contribution in [0, 0.1) is 6.92 Å². The van der Waals surface area contributed by atoms with E-state index in [2.05, 4.69) is 20.8 Å². The molecule has 0 unspecified atom stereocenters. The van der Waals surface area contributed by atoms with Crippen LogP contribution in [0.2, 0.25) is 0 Å². The molecule has 0 N–H and O–H groups in total. The Labute approximate surface area is 166 Å². The first-order chi connectivity index (χ1) is 13.0. The third kappa shape index (κ3) is 3.75. The number of ether oxygens (including phenoxy) is 1. The van der Waals surface area contributed by atoms with E-state index in [1.54, 1.807) is 4.90 Å². The molecule has 1 aliphatic carbocycles. The molecule has 0 spiro atoms. The summed E-state index contributed by atoms with van der Waals surface area (Å²) in [6, 6.07) is 1.76. The van der Waals surface area contributed by atoms with Crippen molar-refractivity contribution < 1.29 is 14.3 Å². The maximum absolute atomic E-state index is 13.5. The smallest absolute Gasteiger partial charge is 0.325 e. The van der Waals surface area contributed by atoms with Crippen molar-refractivity contribution in [1.29, 1.82) is 0 Å². The molecule has 152 valence electrons. The van der Waals surface area contributed by atoms with E-state index in [0.717, 1.165) is 35.3 Å². The monoisotopic (exact) mass is 386 g/mol. The predicted octanol–water partition coefficient (Wildman–Crippen LogP) is 3.40. The predicted molar refractivity (Wildman–Crippen MR) is 107 cm³/mol. The van der Waals surface area contributed by atoms with Crippen molar-refractivity contribution in [2.24, 2.45) is 0 Å². The van der Waals surface area contributed by atoms with E-state index in [9.17, 15) is 9.59 Å². The van der Waals surface area contributed by atoms with E-state index in [0.29, 0.717) is 11.5 Å². The molecule has 2 heterocycles. The van der Waals surface area contributed by atoms with Crippen LogP contribution in [0.4, 0.5) is 0 Å². The van der Waals surface area contributed by atoms with E-state index in [-0.39, 0.29) is 24.0 Å². The van der Waals surface area contributed by atoms with Crippen LogP contribution in [-0.4, -0.2) is 51.2 Å². The third-order valence-corrected chi connectivity index (χ3v) is 5.11. The molecule has 1 saturated carbocycles. The summed E-state index contributed by atoms with van der Waals surface area (Å²) in [6.07, 6.45) is 2.18. The lowest BCUT2D eigenvalue weighted by molar-refractivity contribution is -0.141. The molecular formula is C21H30N4O3. The Kier molecular flexibility index (Phi) is 5.21. The first-order valence-corrected chi connectivity index (χ1v) is 9.83. The van der Waals surface area contributed by atoms with E-state index in [1.807, 2.05) is 31.5 Å². The Morgan fingerprint density at radius 3 is 2.46 bits per heavy atom. The zero-order valence-electron chi connectivity index (χ0n) is 17.9. The first kappa shape index (κ1) is 20.3. The molecule has 0 radical (unpaired) electrons. The van der Waals surface area contributed by atoms with Gasteiger partial charge in [-0.25, -0.2) is 9.67 Å². The molecule has 1 amide bonds. The van der Waals surface area contributed by atoms with Crippen molar-refractivity contribution in [3.63, 3.8) is 0 Å². The number of hydrogen-bond acceptors (Lipinski definition) is 5. The Morgan fingerprint density at radius 2 is 1.96 bits per heavy atom. The highest BCUT2D eigenvalue weighted by Crippen LogP contribution is 2.41. The van der Waals surface area contributed by atoms with Crippen LogP contribution in [-0.2, 0) is 15.1 Å². The first-order valence-electron chi connectivity index (χ1n) is 9.83. The average Bonchev–Trinajstić information content (AvgIpc) is 3.41. The summed E-state index contributed by atoms with van der Waals surface area (Å²) in [5.41, 5.74) is 2.75. The summed E-state index contributed by atoms with van der Waals surface area (Å²) in [7, 11) is 1.33. The zero-order valence-corrected chi connectivity index (χ0v) is 17.9. The van der Waals surface area contributed by atoms with Crippen molar-refractivity contribution >= 4 is 22.9 Å². The van der Waals surface area contributed by atoms with Gasteiger partial charge in [0.15, 0.2) is 5.65 Å². The highest BCUT2D eigenvalue weighted by Gasteiger charge is 2.32. The van der Waals surface area contributed by atoms with Gasteiger partial charge in [-0.15, -0.1) is 0 Å². The van der Waals surface area contributed by atoms with Crippen molar-refractivity contribution in [2.45, 2.75) is 71.9 Å². The number of carbonyl (C=O) groups is 2. The minimum Gasteiger partial charge on any atom is -0.468 e. The lowest BCUT2D eigenvalue weighted by atomic mass is 10.0. The fourth-order valence-corrected chi connectivity index (χ4v) is 3.38. The molecule has 0 atom stereocenters. The summed E-state index contributed by atoms with van der Waals surface area (Å²) >= 11 is 0. The van der Waals surface area contributed by atoms with Crippen LogP contribution in [0.25, 0.3) is 11.0 Å². The maximum Gasteiger partial charge on any atom is 0.325 e. The van der Waals surface area contributed by atoms with Crippen LogP contribution in [0.5, 0.6) is 0 Å². The summed E-state index contributed by atoms with van der Waals surface area (Å²) in [5.74, 6) is -0.226. The number of rotatable bonds is 5. The molecular weight excluding hydrogens is 356 g/mol. The Bertz CT molecular complexity index is 920. The maximum atomic E-state index is 13.5. The quantitative estimate of drug-likeness (QED) is 0.736. The van der Waals surface area contributed by atoms with Gasteiger partial charge in [0.25, 0.3) is 5.91 Å². The fourth-order valence-electron chi connectivity index (χ4n) is 3.38. The van der Waals surface area contributed by atoms with Crippen LogP contribution in [0.15, 0.2) is 6.07 Å². The molecule has 2 aromatic heterocycles. The summed E-state index contributed by atoms with van der Waals surface area (Å²) in [6.45, 7) is 11.8. The molecule has 0 saturated heterocycles. The highest BCUT2D eigenvalue weighted by molar-refractivity contribution is 6.07. The second kappa shape index (κ2) is 7.18. The number of amides is 1. The Balaban J connectivity index is 2.20. The van der Waals surface area contributed by atoms with Crippen molar-refractivity contribution in [1.82, 2.24) is 19.7 Å². The number of aryl methyl sites for hydroxylation is 1. The molecule has 2 aromatic rings. The molecule has 7 heteroatoms. The number of esters is 1. The molecule has 1 aliphatic rings. The number of nitrogens with zero attached hydrogens (tertiary/aromatic N) is 4. The van der Waals surface area contributed by atoms with Crippen molar-refractivity contribution in [3.8, 4) is 0 Å². The van der Waals surface area contributed by atoms with Gasteiger partial charge >= 0.3 is 5.97 Å². The lowest BCUT2D eigenvalue weighted by Gasteiger charge is -2.26. The van der Waals surface area contributed by atoms with Gasteiger partial charge in [-0.3, -0.25) is 9.59 Å². The van der Waals surface area contributed by atoms with Gasteiger partial charge in [-0.2, -0.15) is 5.10 Å². The number of carbonyl (C=O) groups excluding carboxylic acids is 2. The summed E-state index contributed by atoms with van der Waals surface area (Å²) < 4.78 is 6.69. The average molecular weight is 386 g/mol. The Hall–Kier alpha value is -2.44. The van der Waals surface area contributed by atoms with E-state index < -0.39 is 5.97 Å². The normalized spacial score (nSPS) is 14.6. The van der Waals surface area contributed by atoms with Gasteiger partial charge < -0.3 is 9.64 Å². The molecule has 3 rings (SSSR count). The number of methoxy groups -OCH3 is 1. The minimum absolute atomic E-state index is 0.0813. The van der Waals surface area contributed by atoms with Crippen molar-refractivity contribution in [2.75, 3.05) is 13.7 Å². The summed E-state index contributed by atoms with van der Waals surface area (Å²) in [4.78, 5) is 31.8. The SMILES string of the molecule is COC(=O)CN(C(=O)c1cc(C2CC2)nc2c1c(C)nn2C(C)(C)C)C(C)C. The number of hydrogen-bond donors (Lipinski definition) is 0. The summed E-state index contributed by atoms with van der Waals surface area (Å²) in [5, 5.41) is 5.46. The lowest BCUT2D eigenvalue weighted by Crippen LogP contribution is -2.41. The largest absolute Gasteiger partial charge is 0.468 e. The second-order valence-corrected chi connectivity index (χ2v) is 8.84. The zero-order chi connectivity index (χ0) is 20.8. The molecule has 0 bridgehead atoms. The molecule has 7 nitrogen and oxygen atoms in total. The highest BCUT2D eigenvalue weighted by atomic mass is 16.5. The van der Waals surface area contributed by atoms with Crippen LogP contribution < -0.4 is 0 Å². The van der Waals surface area contributed by atoms with Gasteiger partial charge in [0, 0.05) is 17.7 Å². The minimum atomic E-state index is -0.433. The topological polar surface area (TPSA) is 77.3 Å². The molecule has 0 aliphatic heterocycles. The van der Waals surface area contributed by atoms with E-state index in [1.165, 1.54) is 7.11 Å². The second-order valence-electron chi connectivity index (χ2n) is 8.84. The number of fused-ring (bicyclic) bond motifs is 1. The molecule has 28 heavy (non-hydrogen) atoms. The molecule has 1 fully saturated rings. The van der Waals surface area contributed by atoms with Crippen molar-refractivity contribution in [3.05, 3.63) is 23.0 Å². The van der Waals surface area contributed by atoms with Gasteiger partial charge in [0.1, 0.15) is 6.54 Å². The third-order valence-electron chi connectivity index (χ3n) is 5.11. The van der Waals surface area contributed by atoms with Gasteiger partial charge in [0.05, 0.1) is 29.3 Å². The van der Waals surface area contributed by atoms with Gasteiger partial charge in [-0.05, 0) is 60.5 Å². The van der Waals surface area contributed by atoms with E-state index >= 15 is 0 Å². The van der Waals surface area contributed by atoms with Crippen LogP contribution in [0.3, 0.4) is 0 Å². The Morgan fingerprint density at radius 1 is 1.32 bits per heavy atom. The molecule has 0 aromatic carbocycles. The number of pyridine rings is 1. The standard InChI is InChI=1S/C21H30N4O3/c1-12(2)24(11-17(26)28-7)20(27)15-10-16(14-8-9-14)22-19-18(15)13(3)23-25(19)21(4,5)6/h10,12,14H,8-9,11H2,1-7H3. The van der Waals surface area contributed by atoms with Gasteiger partial charge in [0.2, 0.25) is 0 Å². The fraction of sp³-hybridized carbons (Fsp3) is 0.619.